The average Bonchev–Trinajstić information content (AvgIpc) is 2.35. The molecule has 0 amide bonds. The fourth-order valence-electron chi connectivity index (χ4n) is 1.61. The first-order valence-corrected chi connectivity index (χ1v) is 5.93. The zero-order chi connectivity index (χ0) is 13.1. The van der Waals surface area contributed by atoms with Crippen molar-refractivity contribution in [3.05, 3.63) is 58.1 Å². The third-order valence-corrected chi connectivity index (χ3v) is 3.16. The van der Waals surface area contributed by atoms with Gasteiger partial charge in [0.2, 0.25) is 0 Å². The molecule has 0 aliphatic carbocycles. The predicted molar refractivity (Wildman–Crippen MR) is 72.2 cm³/mol. The van der Waals surface area contributed by atoms with Gasteiger partial charge in [-0.25, -0.2) is 0 Å². The van der Waals surface area contributed by atoms with Crippen LogP contribution in [0.2, 0.25) is 5.02 Å². The maximum atomic E-state index is 8.80. The standard InChI is InChI=1S/C15H12ClNO/c1-10-4-3-5-15(11(10)2)18-13-7-6-12(9-17)14(16)8-13/h3-8H,1-2H3. The summed E-state index contributed by atoms with van der Waals surface area (Å²) in [7, 11) is 0. The Morgan fingerprint density at radius 1 is 1.17 bits per heavy atom. The van der Waals surface area contributed by atoms with Gasteiger partial charge >= 0.3 is 0 Å². The van der Waals surface area contributed by atoms with E-state index in [1.54, 1.807) is 18.2 Å². The van der Waals surface area contributed by atoms with Crippen LogP contribution in [0.15, 0.2) is 36.4 Å². The Hall–Kier alpha value is -1.98. The van der Waals surface area contributed by atoms with Crippen molar-refractivity contribution >= 4 is 11.6 Å². The van der Waals surface area contributed by atoms with Crippen LogP contribution >= 0.6 is 11.6 Å². The Bertz CT molecular complexity index is 629. The SMILES string of the molecule is Cc1cccc(Oc2ccc(C#N)c(Cl)c2)c1C. The second-order valence-corrected chi connectivity index (χ2v) is 4.46. The summed E-state index contributed by atoms with van der Waals surface area (Å²) in [6.07, 6.45) is 0. The third-order valence-electron chi connectivity index (χ3n) is 2.84. The van der Waals surface area contributed by atoms with Gasteiger partial charge < -0.3 is 4.74 Å². The number of halogens is 1. The van der Waals surface area contributed by atoms with Gasteiger partial charge in [-0.2, -0.15) is 5.26 Å². The molecule has 2 rings (SSSR count). The predicted octanol–water partition coefficient (Wildman–Crippen LogP) is 4.62. The largest absolute Gasteiger partial charge is 0.457 e. The Kier molecular flexibility index (Phi) is 3.55. The molecule has 2 aromatic carbocycles. The summed E-state index contributed by atoms with van der Waals surface area (Å²) in [5, 5.41) is 9.21. The molecule has 90 valence electrons. The highest BCUT2D eigenvalue weighted by Gasteiger charge is 2.06. The molecule has 0 aliphatic rings. The van der Waals surface area contributed by atoms with Crippen molar-refractivity contribution in [2.75, 3.05) is 0 Å². The zero-order valence-corrected chi connectivity index (χ0v) is 11.0. The lowest BCUT2D eigenvalue weighted by Gasteiger charge is -2.10. The molecule has 2 nitrogen and oxygen atoms in total. The summed E-state index contributed by atoms with van der Waals surface area (Å²) < 4.78 is 5.78. The first-order chi connectivity index (χ1) is 8.61. The first-order valence-electron chi connectivity index (χ1n) is 5.55. The molecule has 0 aliphatic heterocycles. The van der Waals surface area contributed by atoms with Crippen LogP contribution in [0.3, 0.4) is 0 Å². The third kappa shape index (κ3) is 2.47. The molecule has 0 atom stereocenters. The second kappa shape index (κ2) is 5.12. The van der Waals surface area contributed by atoms with Crippen LogP contribution in [0.25, 0.3) is 0 Å². The Balaban J connectivity index is 2.32. The van der Waals surface area contributed by atoms with Crippen molar-refractivity contribution in [2.24, 2.45) is 0 Å². The molecule has 0 spiro atoms. The lowest BCUT2D eigenvalue weighted by atomic mass is 10.1. The first kappa shape index (κ1) is 12.5. The molecule has 0 N–H and O–H groups in total. The Morgan fingerprint density at radius 3 is 2.61 bits per heavy atom. The number of hydrogen-bond acceptors (Lipinski definition) is 2. The number of nitrogens with zero attached hydrogens (tertiary/aromatic N) is 1. The van der Waals surface area contributed by atoms with E-state index < -0.39 is 0 Å². The van der Waals surface area contributed by atoms with Crippen molar-refractivity contribution < 1.29 is 4.74 Å². The van der Waals surface area contributed by atoms with Gasteiger partial charge in [0.25, 0.3) is 0 Å². The molecule has 2 aromatic rings. The van der Waals surface area contributed by atoms with Gasteiger partial charge in [0.05, 0.1) is 10.6 Å². The number of benzene rings is 2. The summed E-state index contributed by atoms with van der Waals surface area (Å²) in [6.45, 7) is 4.05. The fraction of sp³-hybridized carbons (Fsp3) is 0.133. The molecule has 18 heavy (non-hydrogen) atoms. The molecule has 0 fully saturated rings. The highest BCUT2D eigenvalue weighted by molar-refractivity contribution is 6.31. The van der Waals surface area contributed by atoms with Gasteiger partial charge in [-0.15, -0.1) is 0 Å². The van der Waals surface area contributed by atoms with Crippen LogP contribution in [0, 0.1) is 25.2 Å². The minimum atomic E-state index is 0.403. The van der Waals surface area contributed by atoms with Gasteiger partial charge in [0.1, 0.15) is 17.6 Å². The summed E-state index contributed by atoms with van der Waals surface area (Å²) >= 11 is 5.96. The van der Waals surface area contributed by atoms with E-state index in [4.69, 9.17) is 21.6 Å². The van der Waals surface area contributed by atoms with E-state index in [0.717, 1.165) is 11.3 Å². The Labute approximate surface area is 111 Å². The van der Waals surface area contributed by atoms with E-state index in [-0.39, 0.29) is 0 Å². The topological polar surface area (TPSA) is 33.0 Å². The summed E-state index contributed by atoms with van der Waals surface area (Å²) in [5.74, 6) is 1.43. The number of rotatable bonds is 2. The van der Waals surface area contributed by atoms with E-state index in [2.05, 4.69) is 0 Å². The highest BCUT2D eigenvalue weighted by Crippen LogP contribution is 2.29. The van der Waals surface area contributed by atoms with Gasteiger partial charge in [-0.1, -0.05) is 23.7 Å². The van der Waals surface area contributed by atoms with Crippen LogP contribution in [0.5, 0.6) is 11.5 Å². The van der Waals surface area contributed by atoms with Crippen LogP contribution in [0.4, 0.5) is 0 Å². The maximum Gasteiger partial charge on any atom is 0.130 e. The van der Waals surface area contributed by atoms with Gasteiger partial charge in [-0.05, 0) is 43.2 Å². The Morgan fingerprint density at radius 2 is 1.94 bits per heavy atom. The molecule has 0 saturated carbocycles. The minimum absolute atomic E-state index is 0.403. The molecule has 0 heterocycles. The molecule has 0 unspecified atom stereocenters. The van der Waals surface area contributed by atoms with E-state index in [1.807, 2.05) is 38.1 Å². The number of nitriles is 1. The monoisotopic (exact) mass is 257 g/mol. The molecule has 0 bridgehead atoms. The van der Waals surface area contributed by atoms with Crippen molar-refractivity contribution in [1.82, 2.24) is 0 Å². The fourth-order valence-corrected chi connectivity index (χ4v) is 1.82. The smallest absolute Gasteiger partial charge is 0.130 e. The van der Waals surface area contributed by atoms with Crippen molar-refractivity contribution in [1.29, 1.82) is 5.26 Å². The van der Waals surface area contributed by atoms with Crippen LogP contribution in [0.1, 0.15) is 16.7 Å². The second-order valence-electron chi connectivity index (χ2n) is 4.05. The lowest BCUT2D eigenvalue weighted by Crippen LogP contribution is -1.90. The normalized spacial score (nSPS) is 9.89. The minimum Gasteiger partial charge on any atom is -0.457 e. The average molecular weight is 258 g/mol. The highest BCUT2D eigenvalue weighted by atomic mass is 35.5. The molecular formula is C15H12ClNO. The van der Waals surface area contributed by atoms with E-state index in [1.165, 1.54) is 5.56 Å². The van der Waals surface area contributed by atoms with Crippen LogP contribution in [-0.2, 0) is 0 Å². The van der Waals surface area contributed by atoms with E-state index >= 15 is 0 Å². The molecule has 3 heteroatoms. The van der Waals surface area contributed by atoms with Gasteiger partial charge in [0.15, 0.2) is 0 Å². The molecule has 0 aromatic heterocycles. The van der Waals surface area contributed by atoms with Crippen LogP contribution < -0.4 is 4.74 Å². The van der Waals surface area contributed by atoms with E-state index in [9.17, 15) is 0 Å². The lowest BCUT2D eigenvalue weighted by molar-refractivity contribution is 0.478. The van der Waals surface area contributed by atoms with Crippen LogP contribution in [-0.4, -0.2) is 0 Å². The van der Waals surface area contributed by atoms with E-state index in [0.29, 0.717) is 16.3 Å². The molecule has 0 radical (unpaired) electrons. The summed E-state index contributed by atoms with van der Waals surface area (Å²) in [4.78, 5) is 0. The number of hydrogen-bond donors (Lipinski definition) is 0. The molecule has 0 saturated heterocycles. The van der Waals surface area contributed by atoms with Crippen molar-refractivity contribution in [3.63, 3.8) is 0 Å². The maximum absolute atomic E-state index is 8.80. The van der Waals surface area contributed by atoms with Gasteiger partial charge in [-0.3, -0.25) is 0 Å². The van der Waals surface area contributed by atoms with Crippen molar-refractivity contribution in [3.8, 4) is 17.6 Å². The number of aryl methyl sites for hydroxylation is 1. The number of ether oxygens (including phenoxy) is 1. The summed E-state index contributed by atoms with van der Waals surface area (Å²) in [5.41, 5.74) is 2.72. The quantitative estimate of drug-likeness (QED) is 0.786. The van der Waals surface area contributed by atoms with Crippen molar-refractivity contribution in [2.45, 2.75) is 13.8 Å². The zero-order valence-electron chi connectivity index (χ0n) is 10.2. The van der Waals surface area contributed by atoms with Gasteiger partial charge in [0, 0.05) is 6.07 Å². The summed E-state index contributed by atoms with van der Waals surface area (Å²) in [6, 6.07) is 13.0. The molecular weight excluding hydrogens is 246 g/mol.